The Morgan fingerprint density at radius 1 is 1.29 bits per heavy atom. The second kappa shape index (κ2) is 17.6. The minimum Gasteiger partial charge on any atom is -0.400 e. The van der Waals surface area contributed by atoms with E-state index in [1.54, 1.807) is 12.3 Å². The smallest absolute Gasteiger partial charge is 0.351 e. The van der Waals surface area contributed by atoms with E-state index < -0.39 is 26.0 Å². The number of nitrogens with zero attached hydrogens (tertiary/aromatic N) is 5. The third-order valence-electron chi connectivity index (χ3n) is 6.56. The number of aliphatic hydroxyl groups is 1. The largest absolute Gasteiger partial charge is 0.400 e. The van der Waals surface area contributed by atoms with E-state index in [1.165, 1.54) is 11.7 Å². The van der Waals surface area contributed by atoms with E-state index in [9.17, 15) is 4.79 Å². The molecule has 3 atom stereocenters. The molecule has 0 saturated carbocycles. The number of nitrogens with one attached hydrogen (secondary N) is 1. The number of aliphatic hydroxyl groups excluding tert-OH is 1. The SMILES string of the molecule is [2H]C[C@@]1(COP(OCCC#N)N(C(C)C)C(C)C)CN(C(C)C)C[C@H](n2ccc(NCc3ccccc3)nc2=O)O1.[3H]OC. The van der Waals surface area contributed by atoms with Crippen LogP contribution in [0.3, 0.4) is 0 Å². The minimum absolute atomic E-state index is 0.0592. The van der Waals surface area contributed by atoms with Gasteiger partial charge in [-0.3, -0.25) is 9.47 Å². The monoisotopic (exact) mass is 607 g/mol. The van der Waals surface area contributed by atoms with Gasteiger partial charge in [-0.25, -0.2) is 9.46 Å². The molecule has 2 heterocycles. The summed E-state index contributed by atoms with van der Waals surface area (Å²) < 4.78 is 36.9. The number of ether oxygens (including phenoxy) is 1. The zero-order valence-corrected chi connectivity index (χ0v) is 26.9. The molecule has 1 unspecified atom stereocenters. The van der Waals surface area contributed by atoms with Crippen molar-refractivity contribution in [1.29, 1.82) is 6.69 Å². The van der Waals surface area contributed by atoms with Crippen LogP contribution in [-0.4, -0.2) is 82.8 Å². The van der Waals surface area contributed by atoms with Crippen LogP contribution in [0.4, 0.5) is 5.82 Å². The zero-order valence-electron chi connectivity index (χ0n) is 28.0. The predicted molar refractivity (Wildman–Crippen MR) is 167 cm³/mol. The molecule has 0 amide bonds. The van der Waals surface area contributed by atoms with Gasteiger partial charge in [0.1, 0.15) is 11.4 Å². The van der Waals surface area contributed by atoms with Crippen LogP contribution in [0, 0.1) is 11.3 Å². The van der Waals surface area contributed by atoms with Gasteiger partial charge in [0, 0.05) is 52.4 Å². The first-order valence-corrected chi connectivity index (χ1v) is 15.4. The van der Waals surface area contributed by atoms with Gasteiger partial charge in [-0.2, -0.15) is 10.2 Å². The Morgan fingerprint density at radius 3 is 2.55 bits per heavy atom. The van der Waals surface area contributed by atoms with Gasteiger partial charge < -0.3 is 24.2 Å². The van der Waals surface area contributed by atoms with Crippen molar-refractivity contribution in [2.45, 2.75) is 91.4 Å². The number of hydrogen-bond acceptors (Lipinski definition) is 10. The Balaban J connectivity index is 0.00000216. The molecule has 1 fully saturated rings. The summed E-state index contributed by atoms with van der Waals surface area (Å²) in [5.41, 5.74) is -0.325. The van der Waals surface area contributed by atoms with Gasteiger partial charge in [0.25, 0.3) is 8.53 Å². The molecular formula is C30H49N6O5P. The van der Waals surface area contributed by atoms with Gasteiger partial charge in [-0.15, -0.1) is 0 Å². The summed E-state index contributed by atoms with van der Waals surface area (Å²) in [5, 5.41) is 15.7. The van der Waals surface area contributed by atoms with Crippen molar-refractivity contribution in [3.8, 4) is 6.07 Å². The predicted octanol–water partition coefficient (Wildman–Crippen LogP) is 4.75. The first kappa shape index (κ1) is 32.5. The summed E-state index contributed by atoms with van der Waals surface area (Å²) in [4.78, 5) is 19.6. The molecule has 1 aromatic heterocycles. The normalized spacial score (nSPS) is 20.6. The molecule has 1 aliphatic rings. The first-order valence-electron chi connectivity index (χ1n) is 15.4. The van der Waals surface area contributed by atoms with E-state index in [0.717, 1.165) is 5.56 Å². The van der Waals surface area contributed by atoms with Gasteiger partial charge in [0.15, 0.2) is 6.23 Å². The number of aromatic nitrogens is 2. The van der Waals surface area contributed by atoms with Gasteiger partial charge in [-0.05, 0) is 60.1 Å². The van der Waals surface area contributed by atoms with E-state index in [0.29, 0.717) is 25.5 Å². The lowest BCUT2D eigenvalue weighted by molar-refractivity contribution is -0.193. The topological polar surface area (TPSA) is 125 Å². The third-order valence-corrected chi connectivity index (χ3v) is 8.61. The van der Waals surface area contributed by atoms with Crippen molar-refractivity contribution >= 4 is 14.3 Å². The lowest BCUT2D eigenvalue weighted by Crippen LogP contribution is -2.57. The maximum atomic E-state index is 13.2. The lowest BCUT2D eigenvalue weighted by Gasteiger charge is -2.46. The van der Waals surface area contributed by atoms with E-state index in [4.69, 9.17) is 21.8 Å². The number of morpholine rings is 1. The molecule has 42 heavy (non-hydrogen) atoms. The first-order chi connectivity index (χ1) is 21.0. The molecule has 234 valence electrons. The molecule has 11 nitrogen and oxygen atoms in total. The molecular weight excluding hydrogens is 555 g/mol. The quantitative estimate of drug-likeness (QED) is 0.230. The fraction of sp³-hybridized carbons (Fsp3) is 0.633. The van der Waals surface area contributed by atoms with Crippen molar-refractivity contribution in [3.05, 3.63) is 58.6 Å². The fourth-order valence-corrected chi connectivity index (χ4v) is 6.31. The summed E-state index contributed by atoms with van der Waals surface area (Å²) in [7, 11) is -0.206. The van der Waals surface area contributed by atoms with Crippen molar-refractivity contribution < 1.29 is 20.3 Å². The number of rotatable bonds is 14. The number of hydrogen-bond donors (Lipinski definition) is 2. The van der Waals surface area contributed by atoms with Crippen LogP contribution in [0.1, 0.15) is 68.0 Å². The highest BCUT2D eigenvalue weighted by Gasteiger charge is 2.41. The van der Waals surface area contributed by atoms with Crippen LogP contribution in [0.5, 0.6) is 0 Å². The molecule has 1 aromatic carbocycles. The molecule has 0 radical (unpaired) electrons. The van der Waals surface area contributed by atoms with Crippen LogP contribution < -0.4 is 11.0 Å². The third kappa shape index (κ3) is 10.7. The Morgan fingerprint density at radius 2 is 1.98 bits per heavy atom. The molecule has 2 N–H and O–H groups in total. The Hall–Kier alpha value is -2.42. The Bertz CT molecular complexity index is 1190. The van der Waals surface area contributed by atoms with Crippen LogP contribution >= 0.6 is 8.53 Å². The fourth-order valence-electron chi connectivity index (χ4n) is 4.62. The molecule has 1 aliphatic heterocycles. The van der Waals surface area contributed by atoms with Crippen molar-refractivity contribution in [2.75, 3.05) is 38.7 Å². The van der Waals surface area contributed by atoms with Crippen LogP contribution in [-0.2, 0) is 20.3 Å². The highest BCUT2D eigenvalue weighted by atomic mass is 31.2. The maximum Gasteiger partial charge on any atom is 0.351 e. The average molecular weight is 608 g/mol. The molecule has 12 heteroatoms. The molecule has 0 aliphatic carbocycles. The second-order valence-corrected chi connectivity index (χ2v) is 12.4. The minimum atomic E-state index is -1.50. The zero-order chi connectivity index (χ0) is 32.7. The Kier molecular flexibility index (Phi) is 13.6. The van der Waals surface area contributed by atoms with Gasteiger partial charge in [0.05, 0.1) is 25.7 Å². The summed E-state index contributed by atoms with van der Waals surface area (Å²) >= 11 is 0. The summed E-state index contributed by atoms with van der Waals surface area (Å²) in [6, 6.07) is 14.3. The van der Waals surface area contributed by atoms with Crippen molar-refractivity contribution in [3.63, 3.8) is 0 Å². The van der Waals surface area contributed by atoms with Gasteiger partial charge >= 0.3 is 5.69 Å². The molecule has 0 spiro atoms. The molecule has 2 aromatic rings. The Labute approximate surface area is 255 Å². The van der Waals surface area contributed by atoms with Gasteiger partial charge in [-0.1, -0.05) is 30.3 Å². The summed E-state index contributed by atoms with van der Waals surface area (Å²) in [6.45, 7) is 14.3. The highest BCUT2D eigenvalue weighted by molar-refractivity contribution is 7.44. The summed E-state index contributed by atoms with van der Waals surface area (Å²) in [5.74, 6) is 0.490. The number of nitriles is 1. The van der Waals surface area contributed by atoms with E-state index in [1.807, 2.05) is 30.3 Å². The number of anilines is 1. The second-order valence-electron chi connectivity index (χ2n) is 10.9. The van der Waals surface area contributed by atoms with E-state index in [2.05, 4.69) is 72.6 Å². The lowest BCUT2D eigenvalue weighted by atomic mass is 10.0. The highest BCUT2D eigenvalue weighted by Crippen LogP contribution is 2.47. The maximum absolute atomic E-state index is 13.2. The van der Waals surface area contributed by atoms with Crippen molar-refractivity contribution in [2.24, 2.45) is 0 Å². The van der Waals surface area contributed by atoms with Crippen LogP contribution in [0.25, 0.3) is 0 Å². The van der Waals surface area contributed by atoms with Crippen LogP contribution in [0.15, 0.2) is 47.4 Å². The van der Waals surface area contributed by atoms with E-state index >= 15 is 0 Å². The van der Waals surface area contributed by atoms with Gasteiger partial charge in [0.2, 0.25) is 1.43 Å². The standard InChI is InChI=1S/C29H45N6O4P.CH4O/c1-22(2)33-19-27(34-16-14-26(32-28(34)36)31-18-25-12-9-8-10-13-25)39-29(7,20-33)21-38-40(37-17-11-15-30)35(23(3)4)24(5)6;1-2/h8-10,12-14,16,22-24,27H,11,17-21H2,1-7H3,(H,31,32,36);2H,1H3/t27-,29+,40?;/m1./s1/i7D;2T. The van der Waals surface area contributed by atoms with Crippen molar-refractivity contribution in [1.82, 2.24) is 19.1 Å². The molecule has 1 saturated heterocycles. The van der Waals surface area contributed by atoms with Crippen LogP contribution in [0.2, 0.25) is 0 Å². The van der Waals surface area contributed by atoms with E-state index in [-0.39, 0.29) is 44.7 Å². The average Bonchev–Trinajstić information content (AvgIpc) is 2.99. The summed E-state index contributed by atoms with van der Waals surface area (Å²) in [6.07, 6.45) is 1.33. The number of benzene rings is 1. The molecule has 0 bridgehead atoms. The molecule has 3 rings (SSSR count).